The number of hydrogen-bond acceptors (Lipinski definition) is 2. The van der Waals surface area contributed by atoms with E-state index in [0.717, 1.165) is 16.6 Å². The summed E-state index contributed by atoms with van der Waals surface area (Å²) >= 11 is 5.84. The molecule has 0 bridgehead atoms. The lowest BCUT2D eigenvalue weighted by molar-refractivity contribution is 0.647. The minimum absolute atomic E-state index is 0.0863. The number of H-pyrrole nitrogens is 1. The van der Waals surface area contributed by atoms with E-state index in [1.54, 1.807) is 24.5 Å². The van der Waals surface area contributed by atoms with E-state index in [9.17, 15) is 4.79 Å². The van der Waals surface area contributed by atoms with Crippen LogP contribution in [0.1, 0.15) is 11.3 Å². The lowest BCUT2D eigenvalue weighted by Gasteiger charge is -2.05. The number of aromatic amines is 1. The van der Waals surface area contributed by atoms with E-state index in [4.69, 9.17) is 11.6 Å². The van der Waals surface area contributed by atoms with Crippen molar-refractivity contribution in [1.82, 2.24) is 14.8 Å². The average Bonchev–Trinajstić information content (AvgIpc) is 2.78. The molecule has 5 heteroatoms. The van der Waals surface area contributed by atoms with Crippen LogP contribution in [-0.4, -0.2) is 14.8 Å². The Labute approximate surface area is 114 Å². The second-order valence-electron chi connectivity index (χ2n) is 4.47. The fourth-order valence-electron chi connectivity index (χ4n) is 2.08. The first kappa shape index (κ1) is 12.0. The summed E-state index contributed by atoms with van der Waals surface area (Å²) in [6, 6.07) is 7.40. The molecule has 19 heavy (non-hydrogen) atoms. The van der Waals surface area contributed by atoms with Crippen LogP contribution in [0.2, 0.25) is 5.02 Å². The molecule has 0 aliphatic carbocycles. The molecule has 2 aromatic heterocycles. The van der Waals surface area contributed by atoms with E-state index in [2.05, 4.69) is 10.1 Å². The Kier molecular flexibility index (Phi) is 2.87. The van der Waals surface area contributed by atoms with Crippen molar-refractivity contribution in [3.8, 4) is 0 Å². The highest BCUT2D eigenvalue weighted by Crippen LogP contribution is 2.13. The maximum atomic E-state index is 12.3. The fraction of sp³-hybridized carbons (Fsp3) is 0.143. The molecule has 0 fully saturated rings. The minimum Gasteiger partial charge on any atom is -0.364 e. The zero-order chi connectivity index (χ0) is 13.4. The van der Waals surface area contributed by atoms with E-state index in [1.165, 1.54) is 4.68 Å². The molecule has 96 valence electrons. The Bertz CT molecular complexity index is 787. The number of rotatable bonds is 2. The predicted molar refractivity (Wildman–Crippen MR) is 75.6 cm³/mol. The highest BCUT2D eigenvalue weighted by atomic mass is 35.5. The molecule has 1 aromatic carbocycles. The van der Waals surface area contributed by atoms with Gasteiger partial charge in [-0.25, -0.2) is 4.68 Å². The van der Waals surface area contributed by atoms with E-state index >= 15 is 0 Å². The van der Waals surface area contributed by atoms with Crippen LogP contribution in [0.25, 0.3) is 10.8 Å². The van der Waals surface area contributed by atoms with Gasteiger partial charge in [-0.3, -0.25) is 4.79 Å². The number of hydrogen-bond donors (Lipinski definition) is 1. The Balaban J connectivity index is 2.04. The summed E-state index contributed by atoms with van der Waals surface area (Å²) in [5.41, 5.74) is 1.86. The van der Waals surface area contributed by atoms with Crippen LogP contribution in [-0.2, 0) is 6.54 Å². The van der Waals surface area contributed by atoms with E-state index in [-0.39, 0.29) is 5.56 Å². The molecule has 0 aliphatic heterocycles. The Morgan fingerprint density at radius 2 is 2.00 bits per heavy atom. The number of aromatic nitrogens is 3. The number of nitrogens with zero attached hydrogens (tertiary/aromatic N) is 2. The molecule has 0 amide bonds. The van der Waals surface area contributed by atoms with Crippen LogP contribution < -0.4 is 5.56 Å². The molecule has 0 saturated heterocycles. The van der Waals surface area contributed by atoms with Crippen molar-refractivity contribution < 1.29 is 0 Å². The summed E-state index contributed by atoms with van der Waals surface area (Å²) in [5, 5.41) is 6.43. The summed E-state index contributed by atoms with van der Waals surface area (Å²) in [4.78, 5) is 15.3. The van der Waals surface area contributed by atoms with Crippen molar-refractivity contribution in [2.45, 2.75) is 13.5 Å². The monoisotopic (exact) mass is 273 g/mol. The lowest BCUT2D eigenvalue weighted by Crippen LogP contribution is -2.22. The van der Waals surface area contributed by atoms with Crippen LogP contribution >= 0.6 is 11.6 Å². The van der Waals surface area contributed by atoms with Crippen molar-refractivity contribution >= 4 is 22.4 Å². The zero-order valence-electron chi connectivity index (χ0n) is 10.4. The predicted octanol–water partition coefficient (Wildman–Crippen LogP) is 2.73. The normalized spacial score (nSPS) is 11.1. The fourth-order valence-corrected chi connectivity index (χ4v) is 2.20. The molecule has 0 radical (unpaired) electrons. The summed E-state index contributed by atoms with van der Waals surface area (Å²) in [6.45, 7) is 2.36. The topological polar surface area (TPSA) is 50.7 Å². The molecule has 0 aliphatic rings. The van der Waals surface area contributed by atoms with Crippen LogP contribution in [0.4, 0.5) is 0 Å². The van der Waals surface area contributed by atoms with Crippen LogP contribution in [0.3, 0.4) is 0 Å². The first-order valence-corrected chi connectivity index (χ1v) is 6.31. The molecule has 0 saturated carbocycles. The lowest BCUT2D eigenvalue weighted by atomic mass is 10.2. The number of aryl methyl sites for hydroxylation is 1. The number of halogens is 1. The van der Waals surface area contributed by atoms with Gasteiger partial charge >= 0.3 is 0 Å². The van der Waals surface area contributed by atoms with Gasteiger partial charge in [-0.1, -0.05) is 23.7 Å². The molecule has 0 atom stereocenters. The van der Waals surface area contributed by atoms with E-state index < -0.39 is 0 Å². The van der Waals surface area contributed by atoms with Gasteiger partial charge in [0.2, 0.25) is 0 Å². The van der Waals surface area contributed by atoms with E-state index in [0.29, 0.717) is 17.0 Å². The summed E-state index contributed by atoms with van der Waals surface area (Å²) < 4.78 is 1.46. The third-order valence-electron chi connectivity index (χ3n) is 3.16. The number of benzene rings is 1. The SMILES string of the molecule is Cc1[nH]cc2c(=O)n(Cc3ccc(Cl)cc3)ncc12. The van der Waals surface area contributed by atoms with Crippen LogP contribution in [0.15, 0.2) is 41.5 Å². The molecular weight excluding hydrogens is 262 g/mol. The number of nitrogens with one attached hydrogen (secondary N) is 1. The first-order valence-electron chi connectivity index (χ1n) is 5.93. The third kappa shape index (κ3) is 2.15. The van der Waals surface area contributed by atoms with Gasteiger partial charge in [0.1, 0.15) is 0 Å². The zero-order valence-corrected chi connectivity index (χ0v) is 11.1. The molecule has 4 nitrogen and oxygen atoms in total. The van der Waals surface area contributed by atoms with Crippen molar-refractivity contribution in [2.24, 2.45) is 0 Å². The highest BCUT2D eigenvalue weighted by Gasteiger charge is 2.07. The molecule has 3 aromatic rings. The summed E-state index contributed by atoms with van der Waals surface area (Å²) in [7, 11) is 0. The van der Waals surface area contributed by atoms with E-state index in [1.807, 2.05) is 19.1 Å². The Hall–Kier alpha value is -2.07. The van der Waals surface area contributed by atoms with Gasteiger partial charge < -0.3 is 4.98 Å². The van der Waals surface area contributed by atoms with Gasteiger partial charge in [0.15, 0.2) is 0 Å². The number of fused-ring (bicyclic) bond motifs is 1. The van der Waals surface area contributed by atoms with Gasteiger partial charge in [0.05, 0.1) is 18.1 Å². The second kappa shape index (κ2) is 4.55. The largest absolute Gasteiger partial charge is 0.364 e. The molecule has 3 rings (SSSR count). The van der Waals surface area contributed by atoms with Crippen molar-refractivity contribution in [1.29, 1.82) is 0 Å². The Morgan fingerprint density at radius 1 is 1.26 bits per heavy atom. The molecule has 0 spiro atoms. The van der Waals surface area contributed by atoms with Crippen LogP contribution in [0.5, 0.6) is 0 Å². The first-order chi connectivity index (χ1) is 9.15. The van der Waals surface area contributed by atoms with Gasteiger partial charge in [0, 0.05) is 22.3 Å². The summed E-state index contributed by atoms with van der Waals surface area (Å²) in [5.74, 6) is 0. The van der Waals surface area contributed by atoms with Crippen molar-refractivity contribution in [2.75, 3.05) is 0 Å². The van der Waals surface area contributed by atoms with Gasteiger partial charge in [-0.15, -0.1) is 0 Å². The standard InChI is InChI=1S/C14H12ClN3O/c1-9-12-7-17-18(14(19)13(12)6-16-9)8-10-2-4-11(15)5-3-10/h2-7,16H,8H2,1H3. The maximum absolute atomic E-state index is 12.3. The second-order valence-corrected chi connectivity index (χ2v) is 4.91. The molecule has 1 N–H and O–H groups in total. The quantitative estimate of drug-likeness (QED) is 0.780. The van der Waals surface area contributed by atoms with Gasteiger partial charge in [-0.2, -0.15) is 5.10 Å². The third-order valence-corrected chi connectivity index (χ3v) is 3.42. The van der Waals surface area contributed by atoms with Gasteiger partial charge in [-0.05, 0) is 24.6 Å². The highest BCUT2D eigenvalue weighted by molar-refractivity contribution is 6.30. The molecule has 0 unspecified atom stereocenters. The van der Waals surface area contributed by atoms with Crippen LogP contribution in [0, 0.1) is 6.92 Å². The van der Waals surface area contributed by atoms with Crippen molar-refractivity contribution in [3.63, 3.8) is 0 Å². The van der Waals surface area contributed by atoms with Crippen molar-refractivity contribution in [3.05, 3.63) is 63.3 Å². The molecule has 2 heterocycles. The smallest absolute Gasteiger partial charge is 0.276 e. The summed E-state index contributed by atoms with van der Waals surface area (Å²) in [6.07, 6.45) is 3.45. The Morgan fingerprint density at radius 3 is 2.74 bits per heavy atom. The van der Waals surface area contributed by atoms with Gasteiger partial charge in [0.25, 0.3) is 5.56 Å². The minimum atomic E-state index is -0.0863. The maximum Gasteiger partial charge on any atom is 0.276 e. The average molecular weight is 274 g/mol. The molecular formula is C14H12ClN3O.